The molecule has 14 unspecified atom stereocenters. The van der Waals surface area contributed by atoms with E-state index in [4.69, 9.17) is 28.4 Å². The monoisotopic (exact) mass is 964 g/mol. The average Bonchev–Trinajstić information content (AvgIpc) is 3.97. The maximum absolute atomic E-state index is 16.3. The fraction of sp³-hybridized carbons (Fsp3) is 0.902. The summed E-state index contributed by atoms with van der Waals surface area (Å²) in [5, 5.41) is 0. The number of ether oxygens (including phenoxy) is 8. The summed E-state index contributed by atoms with van der Waals surface area (Å²) in [6, 6.07) is 0. The van der Waals surface area contributed by atoms with Crippen molar-refractivity contribution in [3.63, 3.8) is 0 Å². The molecule has 6 fully saturated rings. The van der Waals surface area contributed by atoms with E-state index in [9.17, 15) is 58.7 Å². The number of fused-ring (bicyclic) bond motifs is 5. The highest BCUT2D eigenvalue weighted by atomic mass is 19.4. The molecule has 4 aliphatic heterocycles. The van der Waals surface area contributed by atoms with E-state index in [2.05, 4.69) is 9.47 Å². The van der Waals surface area contributed by atoms with Crippen LogP contribution in [0.15, 0.2) is 0 Å². The molecule has 6 rings (SSSR count). The van der Waals surface area contributed by atoms with Crippen molar-refractivity contribution in [3.8, 4) is 0 Å². The summed E-state index contributed by atoms with van der Waals surface area (Å²) >= 11 is 0. The molecule has 4 heterocycles. The van der Waals surface area contributed by atoms with Crippen LogP contribution >= 0.6 is 0 Å². The average molecular weight is 965 g/mol. The van der Waals surface area contributed by atoms with Crippen LogP contribution in [0, 0.1) is 46.3 Å². The summed E-state index contributed by atoms with van der Waals surface area (Å²) in [5.41, 5.74) is -12.2. The van der Waals surface area contributed by atoms with Crippen LogP contribution in [0.25, 0.3) is 0 Å². The molecule has 2 bridgehead atoms. The second-order valence-corrected chi connectivity index (χ2v) is 18.4. The van der Waals surface area contributed by atoms with Crippen molar-refractivity contribution in [1.82, 2.24) is 0 Å². The SMILES string of the molecule is CCOC(C)OC(CC1CC2CC1C1OC(CC(C(=O)OC3CCOC3=O)(C3CCCOC3CC(C)(C(=O)OC3CCOC3=O)C(F)(F)F)C(F)(F)F)C(C)CC21)(C(F)(F)F)C(F)(F)F. The molecule has 12 nitrogen and oxygen atoms in total. The first-order valence-corrected chi connectivity index (χ1v) is 21.6. The Labute approximate surface area is 365 Å². The van der Waals surface area contributed by atoms with Crippen molar-refractivity contribution in [2.45, 2.75) is 159 Å². The van der Waals surface area contributed by atoms with Gasteiger partial charge in [-0.05, 0) is 102 Å². The molecule has 4 saturated heterocycles. The predicted octanol–water partition coefficient (Wildman–Crippen LogP) is 8.11. The number of alkyl halides is 12. The van der Waals surface area contributed by atoms with E-state index in [-0.39, 0.29) is 58.3 Å². The lowest BCUT2D eigenvalue weighted by Crippen LogP contribution is -2.62. The summed E-state index contributed by atoms with van der Waals surface area (Å²) in [6.45, 7) is 2.69. The fourth-order valence-corrected chi connectivity index (χ4v) is 11.1. The van der Waals surface area contributed by atoms with E-state index in [1.54, 1.807) is 0 Å². The molecule has 0 N–H and O–H groups in total. The molecule has 0 spiro atoms. The van der Waals surface area contributed by atoms with Gasteiger partial charge in [-0.15, -0.1) is 0 Å². The highest BCUT2D eigenvalue weighted by Gasteiger charge is 2.75. The lowest BCUT2D eigenvalue weighted by Gasteiger charge is -2.51. The van der Waals surface area contributed by atoms with Gasteiger partial charge in [-0.3, -0.25) is 9.59 Å². The summed E-state index contributed by atoms with van der Waals surface area (Å²) in [5.74, 6) is -13.1. The first-order valence-electron chi connectivity index (χ1n) is 21.6. The van der Waals surface area contributed by atoms with Gasteiger partial charge in [0.05, 0.1) is 31.5 Å². The van der Waals surface area contributed by atoms with Crippen LogP contribution in [0.3, 0.4) is 0 Å². The van der Waals surface area contributed by atoms with Crippen molar-refractivity contribution in [2.75, 3.05) is 26.4 Å². The van der Waals surface area contributed by atoms with Gasteiger partial charge in [0.15, 0.2) is 17.1 Å². The number of carbonyl (C=O) groups excluding carboxylic acids is 4. The molecule has 0 aromatic heterocycles. The Morgan fingerprint density at radius 3 is 1.80 bits per heavy atom. The fourth-order valence-electron chi connectivity index (χ4n) is 11.1. The Morgan fingerprint density at radius 1 is 0.708 bits per heavy atom. The lowest BCUT2D eigenvalue weighted by atomic mass is 9.62. The molecule has 6 aliphatic rings. The Kier molecular flexibility index (Phi) is 14.5. The molecule has 372 valence electrons. The van der Waals surface area contributed by atoms with Gasteiger partial charge in [-0.1, -0.05) is 6.92 Å². The van der Waals surface area contributed by atoms with Crippen molar-refractivity contribution in [2.24, 2.45) is 46.3 Å². The molecule has 2 aliphatic carbocycles. The maximum atomic E-state index is 16.3. The third kappa shape index (κ3) is 9.52. The first kappa shape index (κ1) is 51.3. The van der Waals surface area contributed by atoms with Gasteiger partial charge in [-0.2, -0.15) is 52.7 Å². The van der Waals surface area contributed by atoms with E-state index in [0.29, 0.717) is 6.92 Å². The predicted molar refractivity (Wildman–Crippen MR) is 193 cm³/mol. The van der Waals surface area contributed by atoms with Crippen molar-refractivity contribution in [1.29, 1.82) is 0 Å². The maximum Gasteiger partial charge on any atom is 0.426 e. The van der Waals surface area contributed by atoms with E-state index in [0.717, 1.165) is 6.92 Å². The van der Waals surface area contributed by atoms with Crippen LogP contribution in [0.5, 0.6) is 0 Å². The second-order valence-electron chi connectivity index (χ2n) is 18.4. The highest BCUT2D eigenvalue weighted by Crippen LogP contribution is 2.63. The Morgan fingerprint density at radius 2 is 1.29 bits per heavy atom. The van der Waals surface area contributed by atoms with Gasteiger partial charge in [0.2, 0.25) is 12.2 Å². The molecule has 2 saturated carbocycles. The quantitative estimate of drug-likeness (QED) is 0.0678. The Balaban J connectivity index is 1.36. The minimum atomic E-state index is -6.00. The zero-order chi connectivity index (χ0) is 48.3. The van der Waals surface area contributed by atoms with E-state index >= 15 is 13.2 Å². The van der Waals surface area contributed by atoms with Crippen LogP contribution in [0.1, 0.15) is 91.9 Å². The molecule has 24 heteroatoms. The molecular formula is C41H52F12O12. The number of halogens is 12. The van der Waals surface area contributed by atoms with Gasteiger partial charge in [0, 0.05) is 32.0 Å². The molecule has 14 atom stereocenters. The number of rotatable bonds is 15. The minimum Gasteiger partial charge on any atom is -0.463 e. The highest BCUT2D eigenvalue weighted by molar-refractivity contribution is 5.85. The first-order chi connectivity index (χ1) is 30.0. The number of carbonyl (C=O) groups is 4. The number of esters is 4. The third-order valence-electron chi connectivity index (χ3n) is 14.5. The normalized spacial score (nSPS) is 34.6. The van der Waals surface area contributed by atoms with E-state index in [1.807, 2.05) is 0 Å². The Bertz CT molecular complexity index is 1740. The molecule has 0 aromatic rings. The third-order valence-corrected chi connectivity index (χ3v) is 14.5. The van der Waals surface area contributed by atoms with Crippen molar-refractivity contribution in [3.05, 3.63) is 0 Å². The second kappa shape index (κ2) is 18.4. The number of hydrogen-bond acceptors (Lipinski definition) is 12. The Hall–Kier alpha value is -3.12. The lowest BCUT2D eigenvalue weighted by molar-refractivity contribution is -0.412. The number of cyclic esters (lactones) is 2. The summed E-state index contributed by atoms with van der Waals surface area (Å²) < 4.78 is 223. The molecule has 0 amide bonds. The topological polar surface area (TPSA) is 142 Å². The van der Waals surface area contributed by atoms with Crippen molar-refractivity contribution >= 4 is 23.9 Å². The molecule has 65 heavy (non-hydrogen) atoms. The van der Waals surface area contributed by atoms with Gasteiger partial charge >= 0.3 is 48.6 Å². The summed E-state index contributed by atoms with van der Waals surface area (Å²) in [6.07, 6.45) is -40.1. The van der Waals surface area contributed by atoms with E-state index < -0.39 is 170 Å². The zero-order valence-corrected chi connectivity index (χ0v) is 35.8. The standard InChI is InChI=1S/C41H52F12O12/c1-5-58-20(3)65-37(40(48,49)50,41(51,52)53)16-22-14-21-15-24(22)30-23(21)13-19(2)28(62-30)18-36(39(45,46)47,34(57)64-27-9-12-61-32(27)55)25-7-6-10-59-29(25)17-35(4,38(42,43)44)33(56)63-26-8-11-60-31(26)54/h19-30H,5-18H2,1-4H3. The largest absolute Gasteiger partial charge is 0.463 e. The van der Waals surface area contributed by atoms with Crippen LogP contribution in [0.4, 0.5) is 52.7 Å². The number of hydrogen-bond donors (Lipinski definition) is 0. The smallest absolute Gasteiger partial charge is 0.426 e. The molecular weight excluding hydrogens is 912 g/mol. The van der Waals surface area contributed by atoms with Crippen LogP contribution < -0.4 is 0 Å². The van der Waals surface area contributed by atoms with Gasteiger partial charge in [0.1, 0.15) is 0 Å². The van der Waals surface area contributed by atoms with Crippen molar-refractivity contribution < 1.29 is 110 Å². The molecule has 0 radical (unpaired) electrons. The van der Waals surface area contributed by atoms with E-state index in [1.165, 1.54) is 13.8 Å². The van der Waals surface area contributed by atoms with Crippen LogP contribution in [-0.2, 0) is 57.1 Å². The zero-order valence-electron chi connectivity index (χ0n) is 35.8. The van der Waals surface area contributed by atoms with Gasteiger partial charge < -0.3 is 37.9 Å². The summed E-state index contributed by atoms with van der Waals surface area (Å²) in [4.78, 5) is 52.3. The molecule has 0 aromatic carbocycles. The van der Waals surface area contributed by atoms with Gasteiger partial charge in [-0.25, -0.2) is 9.59 Å². The van der Waals surface area contributed by atoms with Crippen LogP contribution in [0.2, 0.25) is 0 Å². The van der Waals surface area contributed by atoms with Crippen LogP contribution in [-0.4, -0.2) is 117 Å². The van der Waals surface area contributed by atoms with Gasteiger partial charge in [0.25, 0.3) is 5.60 Å². The summed E-state index contributed by atoms with van der Waals surface area (Å²) in [7, 11) is 0. The minimum absolute atomic E-state index is 0.0505.